The second-order valence-electron chi connectivity index (χ2n) is 3.56. The summed E-state index contributed by atoms with van der Waals surface area (Å²) >= 11 is 0. The molecule has 3 heteroatoms. The van der Waals surface area contributed by atoms with Crippen molar-refractivity contribution in [3.63, 3.8) is 0 Å². The van der Waals surface area contributed by atoms with Gasteiger partial charge >= 0.3 is 0 Å². The Bertz CT molecular complexity index is 325. The summed E-state index contributed by atoms with van der Waals surface area (Å²) in [5.74, 6) is 0. The van der Waals surface area contributed by atoms with E-state index in [-0.39, 0.29) is 0 Å². The smallest absolute Gasteiger partial charge is 0.102 e. The number of hydrogen-bond donors (Lipinski definition) is 2. The number of rotatable bonds is 3. The van der Waals surface area contributed by atoms with Crippen LogP contribution in [0.2, 0.25) is 0 Å². The first-order valence-corrected chi connectivity index (χ1v) is 4.85. The van der Waals surface area contributed by atoms with E-state index in [4.69, 9.17) is 4.74 Å². The van der Waals surface area contributed by atoms with Gasteiger partial charge < -0.3 is 15.2 Å². The van der Waals surface area contributed by atoms with Gasteiger partial charge in [0.05, 0.1) is 6.61 Å². The van der Waals surface area contributed by atoms with E-state index in [1.807, 2.05) is 12.1 Å². The van der Waals surface area contributed by atoms with Crippen LogP contribution >= 0.6 is 0 Å². The van der Waals surface area contributed by atoms with Crippen LogP contribution in [0.15, 0.2) is 18.2 Å². The third-order valence-corrected chi connectivity index (χ3v) is 2.55. The van der Waals surface area contributed by atoms with Gasteiger partial charge in [-0.2, -0.15) is 0 Å². The zero-order valence-corrected chi connectivity index (χ0v) is 8.29. The van der Waals surface area contributed by atoms with E-state index in [9.17, 15) is 5.11 Å². The topological polar surface area (TPSA) is 41.5 Å². The molecule has 14 heavy (non-hydrogen) atoms. The minimum atomic E-state index is -0.508. The van der Waals surface area contributed by atoms with Crippen molar-refractivity contribution in [1.29, 1.82) is 0 Å². The monoisotopic (exact) mass is 193 g/mol. The highest BCUT2D eigenvalue weighted by atomic mass is 16.5. The van der Waals surface area contributed by atoms with Gasteiger partial charge in [0.25, 0.3) is 0 Å². The number of nitrogens with one attached hydrogen (secondary N) is 1. The Balaban J connectivity index is 2.19. The first-order valence-electron chi connectivity index (χ1n) is 4.85. The van der Waals surface area contributed by atoms with Crippen LogP contribution in [0.25, 0.3) is 0 Å². The van der Waals surface area contributed by atoms with Crippen molar-refractivity contribution in [2.24, 2.45) is 0 Å². The fourth-order valence-electron chi connectivity index (χ4n) is 1.79. The summed E-state index contributed by atoms with van der Waals surface area (Å²) < 4.78 is 4.91. The maximum Gasteiger partial charge on any atom is 0.102 e. The van der Waals surface area contributed by atoms with E-state index in [0.29, 0.717) is 6.61 Å². The molecule has 2 N–H and O–H groups in total. The molecule has 0 radical (unpaired) electrons. The Morgan fingerprint density at radius 2 is 2.43 bits per heavy atom. The van der Waals surface area contributed by atoms with Crippen LogP contribution in [-0.2, 0) is 11.2 Å². The van der Waals surface area contributed by atoms with Crippen molar-refractivity contribution in [2.45, 2.75) is 12.5 Å². The van der Waals surface area contributed by atoms with Gasteiger partial charge in [-0.15, -0.1) is 0 Å². The van der Waals surface area contributed by atoms with Crippen LogP contribution in [0.5, 0.6) is 0 Å². The molecule has 1 aliphatic heterocycles. The van der Waals surface area contributed by atoms with Crippen molar-refractivity contribution in [3.05, 3.63) is 29.3 Å². The summed E-state index contributed by atoms with van der Waals surface area (Å²) in [4.78, 5) is 0. The quantitative estimate of drug-likeness (QED) is 0.761. The second-order valence-corrected chi connectivity index (χ2v) is 3.56. The molecule has 1 aliphatic rings. The molecule has 76 valence electrons. The molecule has 1 atom stereocenters. The van der Waals surface area contributed by atoms with Gasteiger partial charge in [-0.1, -0.05) is 12.1 Å². The Hall–Kier alpha value is -1.06. The summed E-state index contributed by atoms with van der Waals surface area (Å²) in [7, 11) is 1.60. The number of benzene rings is 1. The summed E-state index contributed by atoms with van der Waals surface area (Å²) in [6.45, 7) is 1.35. The lowest BCUT2D eigenvalue weighted by atomic mass is 10.0. The highest BCUT2D eigenvalue weighted by Gasteiger charge is 2.13. The molecule has 0 fully saturated rings. The first kappa shape index (κ1) is 9.49. The standard InChI is InChI=1S/C11H15NO2/c1-14-7-11(13)9-2-3-10-8(6-9)4-5-12-10/h2-3,6,11-13H,4-5,7H2,1H3. The molecule has 2 rings (SSSR count). The number of hydrogen-bond acceptors (Lipinski definition) is 3. The molecule has 1 aromatic rings. The van der Waals surface area contributed by atoms with Crippen LogP contribution in [0.4, 0.5) is 5.69 Å². The van der Waals surface area contributed by atoms with E-state index in [0.717, 1.165) is 18.5 Å². The summed E-state index contributed by atoms with van der Waals surface area (Å²) in [6, 6.07) is 6.02. The molecule has 1 heterocycles. The van der Waals surface area contributed by atoms with Crippen LogP contribution in [0.1, 0.15) is 17.2 Å². The predicted molar refractivity (Wildman–Crippen MR) is 55.5 cm³/mol. The van der Waals surface area contributed by atoms with E-state index in [1.165, 1.54) is 11.3 Å². The zero-order chi connectivity index (χ0) is 9.97. The van der Waals surface area contributed by atoms with Gasteiger partial charge in [-0.3, -0.25) is 0 Å². The average Bonchev–Trinajstić information content (AvgIpc) is 2.64. The molecule has 0 amide bonds. The highest BCUT2D eigenvalue weighted by Crippen LogP contribution is 2.25. The largest absolute Gasteiger partial charge is 0.386 e. The SMILES string of the molecule is COCC(O)c1ccc2c(c1)CCN2. The lowest BCUT2D eigenvalue weighted by Gasteiger charge is -2.11. The van der Waals surface area contributed by atoms with Gasteiger partial charge in [-0.05, 0) is 23.6 Å². The Morgan fingerprint density at radius 1 is 1.57 bits per heavy atom. The molecule has 0 saturated carbocycles. The molecular weight excluding hydrogens is 178 g/mol. The van der Waals surface area contributed by atoms with Gasteiger partial charge in [-0.25, -0.2) is 0 Å². The molecule has 1 aromatic carbocycles. The summed E-state index contributed by atoms with van der Waals surface area (Å²) in [5.41, 5.74) is 3.42. The molecular formula is C11H15NO2. The number of anilines is 1. The van der Waals surface area contributed by atoms with E-state index in [2.05, 4.69) is 11.4 Å². The number of methoxy groups -OCH3 is 1. The molecule has 0 aliphatic carbocycles. The zero-order valence-electron chi connectivity index (χ0n) is 8.29. The Labute approximate surface area is 83.7 Å². The maximum atomic E-state index is 9.71. The van der Waals surface area contributed by atoms with Crippen molar-refractivity contribution in [1.82, 2.24) is 0 Å². The molecule has 0 saturated heterocycles. The van der Waals surface area contributed by atoms with Crippen molar-refractivity contribution >= 4 is 5.69 Å². The van der Waals surface area contributed by atoms with Crippen molar-refractivity contribution in [3.8, 4) is 0 Å². The minimum absolute atomic E-state index is 0.353. The lowest BCUT2D eigenvalue weighted by Crippen LogP contribution is -2.05. The third kappa shape index (κ3) is 1.74. The summed E-state index contributed by atoms with van der Waals surface area (Å²) in [5, 5.41) is 13.0. The molecule has 1 unspecified atom stereocenters. The maximum absolute atomic E-state index is 9.71. The van der Waals surface area contributed by atoms with Gasteiger partial charge in [0.15, 0.2) is 0 Å². The Morgan fingerprint density at radius 3 is 3.21 bits per heavy atom. The highest BCUT2D eigenvalue weighted by molar-refractivity contribution is 5.56. The molecule has 0 spiro atoms. The number of ether oxygens (including phenoxy) is 1. The van der Waals surface area contributed by atoms with Crippen LogP contribution in [-0.4, -0.2) is 25.4 Å². The van der Waals surface area contributed by atoms with Crippen LogP contribution in [0, 0.1) is 0 Å². The van der Waals surface area contributed by atoms with Crippen molar-refractivity contribution < 1.29 is 9.84 Å². The fourth-order valence-corrected chi connectivity index (χ4v) is 1.79. The number of aliphatic hydroxyl groups excluding tert-OH is 1. The van der Waals surface area contributed by atoms with Gasteiger partial charge in [0.2, 0.25) is 0 Å². The molecule has 3 nitrogen and oxygen atoms in total. The van der Waals surface area contributed by atoms with Gasteiger partial charge in [0, 0.05) is 19.3 Å². The van der Waals surface area contributed by atoms with E-state index in [1.54, 1.807) is 7.11 Å². The van der Waals surface area contributed by atoms with Crippen molar-refractivity contribution in [2.75, 3.05) is 25.6 Å². The summed E-state index contributed by atoms with van der Waals surface area (Å²) in [6.07, 6.45) is 0.536. The van der Waals surface area contributed by atoms with E-state index < -0.39 is 6.10 Å². The normalized spacial score (nSPS) is 16.1. The van der Waals surface area contributed by atoms with Gasteiger partial charge in [0.1, 0.15) is 6.10 Å². The van der Waals surface area contributed by atoms with Crippen LogP contribution in [0.3, 0.4) is 0 Å². The second kappa shape index (κ2) is 3.98. The Kier molecular flexibility index (Phi) is 2.70. The number of fused-ring (bicyclic) bond motifs is 1. The molecule has 0 bridgehead atoms. The first-order chi connectivity index (χ1) is 6.81. The lowest BCUT2D eigenvalue weighted by molar-refractivity contribution is 0.0644. The predicted octanol–water partition coefficient (Wildman–Crippen LogP) is 1.33. The minimum Gasteiger partial charge on any atom is -0.386 e. The fraction of sp³-hybridized carbons (Fsp3) is 0.455. The average molecular weight is 193 g/mol. The van der Waals surface area contributed by atoms with Crippen LogP contribution < -0.4 is 5.32 Å². The molecule has 0 aromatic heterocycles. The number of aliphatic hydroxyl groups is 1. The third-order valence-electron chi connectivity index (χ3n) is 2.55. The van der Waals surface area contributed by atoms with E-state index >= 15 is 0 Å².